The highest BCUT2D eigenvalue weighted by Crippen LogP contribution is 2.26. The van der Waals surface area contributed by atoms with Crippen molar-refractivity contribution in [1.82, 2.24) is 5.06 Å². The van der Waals surface area contributed by atoms with Gasteiger partial charge in [0.05, 0.1) is 20.6 Å². The molecule has 17 heavy (non-hydrogen) atoms. The van der Waals surface area contributed by atoms with Crippen LogP contribution in [-0.2, 0) is 16.1 Å². The van der Waals surface area contributed by atoms with E-state index >= 15 is 0 Å². The monoisotopic (exact) mass is 255 g/mol. The molecule has 1 aromatic carbocycles. The summed E-state index contributed by atoms with van der Waals surface area (Å²) in [6.07, 6.45) is 2.30. The molecule has 5 heteroatoms. The summed E-state index contributed by atoms with van der Waals surface area (Å²) in [5.41, 5.74) is 0.979. The number of thioether (sulfide) groups is 1. The molecule has 0 aliphatic rings. The van der Waals surface area contributed by atoms with Crippen molar-refractivity contribution in [2.24, 2.45) is 0 Å². The molecule has 0 aliphatic carbocycles. The lowest BCUT2D eigenvalue weighted by atomic mass is 10.1. The molecule has 0 aromatic heterocycles. The maximum absolute atomic E-state index is 11.7. The van der Waals surface area contributed by atoms with Gasteiger partial charge in [-0.25, -0.2) is 5.06 Å². The normalized spacial score (nSPS) is 10.1. The van der Waals surface area contributed by atoms with Crippen LogP contribution in [0.25, 0.3) is 0 Å². The molecule has 0 spiro atoms. The van der Waals surface area contributed by atoms with Gasteiger partial charge in [0.25, 0.3) is 0 Å². The molecular weight excluding hydrogens is 238 g/mol. The third kappa shape index (κ3) is 3.64. The lowest BCUT2D eigenvalue weighted by molar-refractivity contribution is -0.167. The number of nitrogens with zero attached hydrogens (tertiary/aromatic N) is 1. The van der Waals surface area contributed by atoms with E-state index in [0.717, 1.165) is 16.2 Å². The van der Waals surface area contributed by atoms with Gasteiger partial charge < -0.3 is 4.74 Å². The highest BCUT2D eigenvalue weighted by Gasteiger charge is 2.12. The van der Waals surface area contributed by atoms with Crippen molar-refractivity contribution < 1.29 is 14.4 Å². The van der Waals surface area contributed by atoms with Gasteiger partial charge in [-0.2, -0.15) is 0 Å². The van der Waals surface area contributed by atoms with Crippen LogP contribution in [0.2, 0.25) is 0 Å². The number of carbonyl (C=O) groups excluding carboxylic acids is 1. The second kappa shape index (κ2) is 6.51. The molecule has 1 aromatic rings. The zero-order chi connectivity index (χ0) is 12.8. The molecule has 0 N–H and O–H groups in total. The maximum atomic E-state index is 11.7. The van der Waals surface area contributed by atoms with Crippen molar-refractivity contribution in [2.75, 3.05) is 27.5 Å². The Kier molecular flexibility index (Phi) is 5.31. The Labute approximate surface area is 106 Å². The van der Waals surface area contributed by atoms with Crippen LogP contribution in [0.15, 0.2) is 23.1 Å². The van der Waals surface area contributed by atoms with Crippen LogP contribution >= 0.6 is 11.8 Å². The number of hydrogen-bond donors (Lipinski definition) is 0. The fraction of sp³-hybridized carbons (Fsp3) is 0.417. The van der Waals surface area contributed by atoms with E-state index in [-0.39, 0.29) is 5.91 Å². The summed E-state index contributed by atoms with van der Waals surface area (Å²) in [5, 5.41) is 1.23. The summed E-state index contributed by atoms with van der Waals surface area (Å²) in [7, 11) is 4.70. The van der Waals surface area contributed by atoms with Crippen LogP contribution in [-0.4, -0.2) is 38.5 Å². The van der Waals surface area contributed by atoms with Crippen LogP contribution in [0, 0.1) is 0 Å². The van der Waals surface area contributed by atoms with Gasteiger partial charge in [0.1, 0.15) is 5.75 Å². The van der Waals surface area contributed by atoms with Gasteiger partial charge in [0.2, 0.25) is 5.91 Å². The second-order valence-corrected chi connectivity index (χ2v) is 4.28. The van der Waals surface area contributed by atoms with Crippen molar-refractivity contribution in [2.45, 2.75) is 11.3 Å². The van der Waals surface area contributed by atoms with Crippen LogP contribution in [0.3, 0.4) is 0 Å². The van der Waals surface area contributed by atoms with E-state index in [0.29, 0.717) is 6.42 Å². The molecule has 0 saturated carbocycles. The molecule has 1 rings (SSSR count). The van der Waals surface area contributed by atoms with Crippen molar-refractivity contribution in [3.63, 3.8) is 0 Å². The summed E-state index contributed by atoms with van der Waals surface area (Å²) in [6, 6.07) is 5.70. The summed E-state index contributed by atoms with van der Waals surface area (Å²) >= 11 is 1.59. The molecule has 4 nitrogen and oxygen atoms in total. The fourth-order valence-electron chi connectivity index (χ4n) is 1.37. The third-order valence-electron chi connectivity index (χ3n) is 2.46. The summed E-state index contributed by atoms with van der Waals surface area (Å²) in [4.78, 5) is 17.6. The van der Waals surface area contributed by atoms with Crippen LogP contribution in [0.5, 0.6) is 5.75 Å². The molecule has 1 amide bonds. The number of hydrogen-bond acceptors (Lipinski definition) is 4. The van der Waals surface area contributed by atoms with Crippen LogP contribution in [0.4, 0.5) is 0 Å². The number of ether oxygens (including phenoxy) is 1. The Balaban J connectivity index is 2.87. The van der Waals surface area contributed by atoms with E-state index in [4.69, 9.17) is 9.57 Å². The lowest BCUT2D eigenvalue weighted by Gasteiger charge is -2.15. The zero-order valence-corrected chi connectivity index (χ0v) is 11.3. The van der Waals surface area contributed by atoms with E-state index in [9.17, 15) is 4.79 Å². The molecule has 0 bridgehead atoms. The first-order valence-corrected chi connectivity index (χ1v) is 6.36. The van der Waals surface area contributed by atoms with Crippen LogP contribution in [0.1, 0.15) is 5.56 Å². The summed E-state index contributed by atoms with van der Waals surface area (Å²) in [5.74, 6) is 0.721. The average molecular weight is 255 g/mol. The minimum absolute atomic E-state index is 0.0760. The fourth-order valence-corrected chi connectivity index (χ4v) is 2.01. The average Bonchev–Trinajstić information content (AvgIpc) is 2.37. The van der Waals surface area contributed by atoms with Crippen LogP contribution < -0.4 is 4.74 Å². The summed E-state index contributed by atoms with van der Waals surface area (Å²) in [6.45, 7) is 0. The van der Waals surface area contributed by atoms with Crippen molar-refractivity contribution in [3.8, 4) is 5.75 Å². The van der Waals surface area contributed by atoms with Crippen molar-refractivity contribution in [3.05, 3.63) is 23.8 Å². The minimum atomic E-state index is -0.0760. The number of benzene rings is 1. The van der Waals surface area contributed by atoms with E-state index in [2.05, 4.69) is 0 Å². The number of carbonyl (C=O) groups is 1. The lowest BCUT2D eigenvalue weighted by Crippen LogP contribution is -2.27. The van der Waals surface area contributed by atoms with Gasteiger partial charge in [-0.15, -0.1) is 11.8 Å². The predicted molar refractivity (Wildman–Crippen MR) is 68.3 cm³/mol. The topological polar surface area (TPSA) is 38.8 Å². The highest BCUT2D eigenvalue weighted by atomic mass is 32.2. The van der Waals surface area contributed by atoms with Gasteiger partial charge in [0, 0.05) is 11.9 Å². The van der Waals surface area contributed by atoms with E-state index < -0.39 is 0 Å². The smallest absolute Gasteiger partial charge is 0.250 e. The van der Waals surface area contributed by atoms with Gasteiger partial charge in [-0.1, -0.05) is 6.07 Å². The number of amides is 1. The predicted octanol–water partition coefficient (Wildman–Crippen LogP) is 1.98. The first kappa shape index (κ1) is 13.9. The molecule has 0 atom stereocenters. The van der Waals surface area contributed by atoms with Crippen molar-refractivity contribution >= 4 is 17.7 Å². The highest BCUT2D eigenvalue weighted by molar-refractivity contribution is 7.98. The standard InChI is InChI=1S/C12H17NO3S/c1-13(16-3)12(14)7-9-5-6-10(15-2)8-11(9)17-4/h5-6,8H,7H2,1-4H3. The number of hydroxylamine groups is 2. The number of methoxy groups -OCH3 is 1. The van der Waals surface area contributed by atoms with E-state index in [1.54, 1.807) is 25.9 Å². The Morgan fingerprint density at radius 3 is 2.65 bits per heavy atom. The largest absolute Gasteiger partial charge is 0.497 e. The first-order chi connectivity index (χ1) is 8.12. The van der Waals surface area contributed by atoms with Gasteiger partial charge in [-0.05, 0) is 24.0 Å². The molecule has 0 aliphatic heterocycles. The summed E-state index contributed by atoms with van der Waals surface area (Å²) < 4.78 is 5.15. The zero-order valence-electron chi connectivity index (χ0n) is 10.5. The Hall–Kier alpha value is -1.20. The minimum Gasteiger partial charge on any atom is -0.497 e. The van der Waals surface area contributed by atoms with Gasteiger partial charge in [0.15, 0.2) is 0 Å². The van der Waals surface area contributed by atoms with Crippen molar-refractivity contribution in [1.29, 1.82) is 0 Å². The molecule has 0 unspecified atom stereocenters. The molecular formula is C12H17NO3S. The number of likely N-dealkylation sites (N-methyl/N-ethyl adjacent to an activating group) is 1. The van der Waals surface area contributed by atoms with E-state index in [1.165, 1.54) is 12.2 Å². The molecule has 0 heterocycles. The SMILES string of the molecule is COc1ccc(CC(=O)N(C)OC)c(SC)c1. The molecule has 94 valence electrons. The molecule has 0 saturated heterocycles. The quantitative estimate of drug-likeness (QED) is 0.596. The number of rotatable bonds is 5. The molecule has 0 radical (unpaired) electrons. The Bertz CT molecular complexity index is 395. The Morgan fingerprint density at radius 2 is 2.12 bits per heavy atom. The first-order valence-electron chi connectivity index (χ1n) is 5.14. The third-order valence-corrected chi connectivity index (χ3v) is 3.28. The molecule has 0 fully saturated rings. The van der Waals surface area contributed by atoms with Gasteiger partial charge in [-0.3, -0.25) is 9.63 Å². The van der Waals surface area contributed by atoms with Gasteiger partial charge >= 0.3 is 0 Å². The van der Waals surface area contributed by atoms with E-state index in [1.807, 2.05) is 24.5 Å². The maximum Gasteiger partial charge on any atom is 0.250 e. The second-order valence-electron chi connectivity index (χ2n) is 3.43. The Morgan fingerprint density at radius 1 is 1.41 bits per heavy atom.